The monoisotopic (exact) mass is 265 g/mol. The third-order valence-corrected chi connectivity index (χ3v) is 2.55. The summed E-state index contributed by atoms with van der Waals surface area (Å²) in [5, 5.41) is 5.85. The second-order valence-electron chi connectivity index (χ2n) is 4.58. The van der Waals surface area contributed by atoms with Gasteiger partial charge in [-0.15, -0.1) is 0 Å². The SMILES string of the molecule is CCCNC(=O)CN(C)Cc1nc(C)cc(NC)n1. The fraction of sp³-hybridized carbons (Fsp3) is 0.615. The molecule has 1 heterocycles. The number of likely N-dealkylation sites (N-methyl/N-ethyl adjacent to an activating group) is 1. The molecule has 1 amide bonds. The molecule has 2 N–H and O–H groups in total. The molecule has 0 saturated carbocycles. The molecule has 0 aromatic carbocycles. The zero-order chi connectivity index (χ0) is 14.3. The first-order chi connectivity index (χ1) is 9.05. The number of amides is 1. The molecule has 0 aliphatic carbocycles. The molecule has 0 fully saturated rings. The van der Waals surface area contributed by atoms with Crippen LogP contribution >= 0.6 is 0 Å². The maximum absolute atomic E-state index is 11.6. The lowest BCUT2D eigenvalue weighted by Crippen LogP contribution is -2.35. The summed E-state index contributed by atoms with van der Waals surface area (Å²) in [7, 11) is 3.71. The van der Waals surface area contributed by atoms with Crippen molar-refractivity contribution in [1.82, 2.24) is 20.2 Å². The molecule has 6 nitrogen and oxygen atoms in total. The van der Waals surface area contributed by atoms with Crippen molar-refractivity contribution >= 4 is 11.7 Å². The van der Waals surface area contributed by atoms with Crippen LogP contribution in [0.25, 0.3) is 0 Å². The van der Waals surface area contributed by atoms with Gasteiger partial charge >= 0.3 is 0 Å². The molecule has 1 rings (SSSR count). The van der Waals surface area contributed by atoms with Crippen molar-refractivity contribution in [2.75, 3.05) is 32.5 Å². The molecular formula is C13H23N5O. The van der Waals surface area contributed by atoms with Crippen LogP contribution in [0.4, 0.5) is 5.82 Å². The highest BCUT2D eigenvalue weighted by atomic mass is 16.2. The molecule has 0 unspecified atom stereocenters. The smallest absolute Gasteiger partial charge is 0.234 e. The van der Waals surface area contributed by atoms with Gasteiger partial charge in [0.2, 0.25) is 5.91 Å². The Labute approximate surface area is 114 Å². The molecule has 0 spiro atoms. The van der Waals surface area contributed by atoms with Crippen molar-refractivity contribution < 1.29 is 4.79 Å². The minimum atomic E-state index is 0.0332. The van der Waals surface area contributed by atoms with Gasteiger partial charge in [-0.2, -0.15) is 0 Å². The lowest BCUT2D eigenvalue weighted by atomic mass is 10.4. The third kappa shape index (κ3) is 5.65. The Kier molecular flexibility index (Phi) is 6.21. The lowest BCUT2D eigenvalue weighted by Gasteiger charge is -2.16. The summed E-state index contributed by atoms with van der Waals surface area (Å²) in [5.41, 5.74) is 0.915. The minimum Gasteiger partial charge on any atom is -0.373 e. The van der Waals surface area contributed by atoms with Crippen LogP contribution in [0.1, 0.15) is 24.9 Å². The third-order valence-electron chi connectivity index (χ3n) is 2.55. The fourth-order valence-corrected chi connectivity index (χ4v) is 1.69. The van der Waals surface area contributed by atoms with Crippen molar-refractivity contribution in [1.29, 1.82) is 0 Å². The molecular weight excluding hydrogens is 242 g/mol. The van der Waals surface area contributed by atoms with Crippen LogP contribution in [0.3, 0.4) is 0 Å². The Hall–Kier alpha value is -1.69. The summed E-state index contributed by atoms with van der Waals surface area (Å²) >= 11 is 0. The van der Waals surface area contributed by atoms with Gasteiger partial charge in [0.1, 0.15) is 11.6 Å². The zero-order valence-corrected chi connectivity index (χ0v) is 12.2. The van der Waals surface area contributed by atoms with E-state index in [1.807, 2.05) is 38.9 Å². The molecule has 0 atom stereocenters. The average Bonchev–Trinajstić information content (AvgIpc) is 2.35. The van der Waals surface area contributed by atoms with E-state index in [0.29, 0.717) is 13.1 Å². The maximum atomic E-state index is 11.6. The summed E-state index contributed by atoms with van der Waals surface area (Å²) in [4.78, 5) is 22.2. The Morgan fingerprint density at radius 1 is 1.42 bits per heavy atom. The van der Waals surface area contributed by atoms with Gasteiger partial charge in [-0.25, -0.2) is 9.97 Å². The Bertz CT molecular complexity index is 421. The quantitative estimate of drug-likeness (QED) is 0.762. The molecule has 0 aliphatic rings. The van der Waals surface area contributed by atoms with E-state index in [1.54, 1.807) is 0 Å². The van der Waals surface area contributed by atoms with Crippen LogP contribution < -0.4 is 10.6 Å². The van der Waals surface area contributed by atoms with Gasteiger partial charge < -0.3 is 10.6 Å². The van der Waals surface area contributed by atoms with Gasteiger partial charge in [-0.1, -0.05) is 6.92 Å². The summed E-state index contributed by atoms with van der Waals surface area (Å²) in [6.07, 6.45) is 0.946. The maximum Gasteiger partial charge on any atom is 0.234 e. The van der Waals surface area contributed by atoms with E-state index >= 15 is 0 Å². The number of nitrogens with zero attached hydrogens (tertiary/aromatic N) is 3. The van der Waals surface area contributed by atoms with Crippen LogP contribution in [0.15, 0.2) is 6.07 Å². The molecule has 1 aromatic rings. The number of aromatic nitrogens is 2. The van der Waals surface area contributed by atoms with Crippen molar-refractivity contribution in [3.63, 3.8) is 0 Å². The summed E-state index contributed by atoms with van der Waals surface area (Å²) < 4.78 is 0. The van der Waals surface area contributed by atoms with Crippen LogP contribution in [0.5, 0.6) is 0 Å². The second kappa shape index (κ2) is 7.68. The van der Waals surface area contributed by atoms with E-state index in [1.165, 1.54) is 0 Å². The van der Waals surface area contributed by atoms with E-state index in [2.05, 4.69) is 20.6 Å². The van der Waals surface area contributed by atoms with E-state index in [9.17, 15) is 4.79 Å². The second-order valence-corrected chi connectivity index (χ2v) is 4.58. The van der Waals surface area contributed by atoms with E-state index in [-0.39, 0.29) is 5.91 Å². The molecule has 19 heavy (non-hydrogen) atoms. The molecule has 106 valence electrons. The highest BCUT2D eigenvalue weighted by Crippen LogP contribution is 2.06. The Morgan fingerprint density at radius 3 is 2.79 bits per heavy atom. The molecule has 1 aromatic heterocycles. The van der Waals surface area contributed by atoms with Gasteiger partial charge in [-0.05, 0) is 20.4 Å². The normalized spacial score (nSPS) is 10.6. The molecule has 0 saturated heterocycles. The predicted octanol–water partition coefficient (Wildman–Crippen LogP) is 0.785. The fourth-order valence-electron chi connectivity index (χ4n) is 1.69. The topological polar surface area (TPSA) is 70.2 Å². The van der Waals surface area contributed by atoms with Crippen molar-refractivity contribution in [3.05, 3.63) is 17.6 Å². The number of anilines is 1. The van der Waals surface area contributed by atoms with Gasteiger partial charge in [0.25, 0.3) is 0 Å². The number of carbonyl (C=O) groups excluding carboxylic acids is 1. The number of nitrogens with one attached hydrogen (secondary N) is 2. The highest BCUT2D eigenvalue weighted by molar-refractivity contribution is 5.77. The standard InChI is InChI=1S/C13H23N5O/c1-5-6-15-13(19)9-18(4)8-12-16-10(2)7-11(14-3)17-12/h7H,5-6,8-9H2,1-4H3,(H,15,19)(H,14,16,17). The molecule has 6 heteroatoms. The van der Waals surface area contributed by atoms with Crippen molar-refractivity contribution in [2.24, 2.45) is 0 Å². The molecule has 0 aliphatic heterocycles. The van der Waals surface area contributed by atoms with Crippen LogP contribution in [-0.2, 0) is 11.3 Å². The number of rotatable bonds is 7. The molecule has 0 radical (unpaired) electrons. The zero-order valence-electron chi connectivity index (χ0n) is 12.2. The Morgan fingerprint density at radius 2 is 2.16 bits per heavy atom. The van der Waals surface area contributed by atoms with Gasteiger partial charge in [0.05, 0.1) is 13.1 Å². The van der Waals surface area contributed by atoms with Crippen LogP contribution in [-0.4, -0.2) is 48.0 Å². The number of aryl methyl sites for hydroxylation is 1. The number of hydrogen-bond donors (Lipinski definition) is 2. The molecule has 0 bridgehead atoms. The van der Waals surface area contributed by atoms with Gasteiger partial charge in [-0.3, -0.25) is 9.69 Å². The van der Waals surface area contributed by atoms with E-state index in [4.69, 9.17) is 0 Å². The Balaban J connectivity index is 2.54. The lowest BCUT2D eigenvalue weighted by molar-refractivity contribution is -0.122. The number of hydrogen-bond acceptors (Lipinski definition) is 5. The van der Waals surface area contributed by atoms with Crippen molar-refractivity contribution in [2.45, 2.75) is 26.8 Å². The number of carbonyl (C=O) groups is 1. The van der Waals surface area contributed by atoms with E-state index < -0.39 is 0 Å². The highest BCUT2D eigenvalue weighted by Gasteiger charge is 2.09. The van der Waals surface area contributed by atoms with Gasteiger partial charge in [0.15, 0.2) is 0 Å². The van der Waals surface area contributed by atoms with Crippen LogP contribution in [0, 0.1) is 6.92 Å². The van der Waals surface area contributed by atoms with Crippen LogP contribution in [0.2, 0.25) is 0 Å². The van der Waals surface area contributed by atoms with Gasteiger partial charge in [0, 0.05) is 25.4 Å². The largest absolute Gasteiger partial charge is 0.373 e. The summed E-state index contributed by atoms with van der Waals surface area (Å²) in [6, 6.07) is 1.89. The first-order valence-corrected chi connectivity index (χ1v) is 6.52. The van der Waals surface area contributed by atoms with Crippen molar-refractivity contribution in [3.8, 4) is 0 Å². The summed E-state index contributed by atoms with van der Waals surface area (Å²) in [6.45, 7) is 5.59. The minimum absolute atomic E-state index is 0.0332. The first kappa shape index (κ1) is 15.4. The van der Waals surface area contributed by atoms with E-state index in [0.717, 1.165) is 30.3 Å². The summed E-state index contributed by atoms with van der Waals surface area (Å²) in [5.74, 6) is 1.55. The average molecular weight is 265 g/mol. The predicted molar refractivity (Wildman–Crippen MR) is 76.0 cm³/mol. The first-order valence-electron chi connectivity index (χ1n) is 6.52.